The molecule has 1 fully saturated rings. The number of urea groups is 1. The number of imide groups is 1. The van der Waals surface area contributed by atoms with E-state index in [-0.39, 0.29) is 24.9 Å². The maximum Gasteiger partial charge on any atom is 0.327 e. The number of aryl methyl sites for hydroxylation is 1. The first-order chi connectivity index (χ1) is 11.0. The van der Waals surface area contributed by atoms with Gasteiger partial charge in [0.1, 0.15) is 13.1 Å². The number of aromatic nitrogens is 2. The molecule has 1 aliphatic carbocycles. The van der Waals surface area contributed by atoms with Gasteiger partial charge in [0.05, 0.1) is 12.2 Å². The Morgan fingerprint density at radius 3 is 2.74 bits per heavy atom. The summed E-state index contributed by atoms with van der Waals surface area (Å²) in [5.74, 6) is -0.606. The number of carbonyl (C=O) groups is 3. The number of likely N-dealkylation sites (N-methyl/N-ethyl adjacent to an activating group) is 2. The normalized spacial score (nSPS) is 17.7. The molecule has 4 amide bonds. The molecule has 23 heavy (non-hydrogen) atoms. The average Bonchev–Trinajstić information content (AvgIpc) is 3.04. The van der Waals surface area contributed by atoms with E-state index >= 15 is 0 Å². The summed E-state index contributed by atoms with van der Waals surface area (Å²) >= 11 is 0. The van der Waals surface area contributed by atoms with Crippen LogP contribution in [0.4, 0.5) is 4.79 Å². The average molecular weight is 319 g/mol. The number of aromatic amines is 1. The van der Waals surface area contributed by atoms with E-state index in [1.807, 2.05) is 0 Å². The molecule has 3 rings (SSSR count). The van der Waals surface area contributed by atoms with Gasteiger partial charge in [0, 0.05) is 19.8 Å². The molecule has 0 atom stereocenters. The second-order valence-electron chi connectivity index (χ2n) is 6.20. The monoisotopic (exact) mass is 319 g/mol. The maximum atomic E-state index is 12.3. The van der Waals surface area contributed by atoms with Crippen LogP contribution in [-0.4, -0.2) is 69.9 Å². The molecule has 1 N–H and O–H groups in total. The summed E-state index contributed by atoms with van der Waals surface area (Å²) < 4.78 is 0. The van der Waals surface area contributed by atoms with Gasteiger partial charge in [-0.05, 0) is 31.2 Å². The highest BCUT2D eigenvalue weighted by atomic mass is 16.2. The van der Waals surface area contributed by atoms with Crippen LogP contribution in [0, 0.1) is 0 Å². The Morgan fingerprint density at radius 2 is 2.04 bits per heavy atom. The van der Waals surface area contributed by atoms with Crippen LogP contribution < -0.4 is 0 Å². The van der Waals surface area contributed by atoms with E-state index in [0.29, 0.717) is 6.54 Å². The van der Waals surface area contributed by atoms with Gasteiger partial charge in [-0.2, -0.15) is 5.10 Å². The van der Waals surface area contributed by atoms with Crippen molar-refractivity contribution in [3.05, 3.63) is 17.0 Å². The molecule has 0 unspecified atom stereocenters. The van der Waals surface area contributed by atoms with E-state index in [4.69, 9.17) is 0 Å². The lowest BCUT2D eigenvalue weighted by Gasteiger charge is -2.20. The molecule has 0 bridgehead atoms. The quantitative estimate of drug-likeness (QED) is 0.800. The Bertz CT molecular complexity index is 654. The molecule has 124 valence electrons. The Labute approximate surface area is 134 Å². The highest BCUT2D eigenvalue weighted by molar-refractivity contribution is 6.04. The molecule has 0 aromatic carbocycles. The summed E-state index contributed by atoms with van der Waals surface area (Å²) in [6.45, 7) is 0.199. The SMILES string of the molecule is CN(Cc1n[nH]c2c1CCCC2)C(=O)CN1C(=O)CN(C)C1=O. The minimum atomic E-state index is -0.422. The minimum Gasteiger partial charge on any atom is -0.338 e. The number of H-pyrrole nitrogens is 1. The third kappa shape index (κ3) is 2.93. The first-order valence-electron chi connectivity index (χ1n) is 7.81. The van der Waals surface area contributed by atoms with Crippen molar-refractivity contribution in [2.45, 2.75) is 32.2 Å². The highest BCUT2D eigenvalue weighted by Gasteiger charge is 2.35. The molecule has 1 aromatic heterocycles. The second kappa shape index (κ2) is 6.02. The van der Waals surface area contributed by atoms with E-state index in [0.717, 1.165) is 36.3 Å². The van der Waals surface area contributed by atoms with E-state index in [2.05, 4.69) is 10.2 Å². The predicted octanol–water partition coefficient (Wildman–Crippen LogP) is 0.141. The Balaban J connectivity index is 1.63. The lowest BCUT2D eigenvalue weighted by Crippen LogP contribution is -2.41. The third-order valence-electron chi connectivity index (χ3n) is 4.48. The van der Waals surface area contributed by atoms with Gasteiger partial charge in [0.15, 0.2) is 0 Å². The number of rotatable bonds is 4. The van der Waals surface area contributed by atoms with Gasteiger partial charge >= 0.3 is 6.03 Å². The number of carbonyl (C=O) groups excluding carboxylic acids is 3. The minimum absolute atomic E-state index is 0.0305. The fraction of sp³-hybridized carbons (Fsp3) is 0.600. The smallest absolute Gasteiger partial charge is 0.327 e. The molecule has 2 heterocycles. The number of hydrogen-bond donors (Lipinski definition) is 1. The van der Waals surface area contributed by atoms with Gasteiger partial charge in [-0.15, -0.1) is 0 Å². The van der Waals surface area contributed by atoms with Crippen LogP contribution in [0.15, 0.2) is 0 Å². The van der Waals surface area contributed by atoms with Crippen molar-refractivity contribution in [3.8, 4) is 0 Å². The van der Waals surface area contributed by atoms with Crippen LogP contribution in [0.3, 0.4) is 0 Å². The molecule has 1 saturated heterocycles. The predicted molar refractivity (Wildman–Crippen MR) is 81.4 cm³/mol. The fourth-order valence-corrected chi connectivity index (χ4v) is 3.07. The molecular weight excluding hydrogens is 298 g/mol. The summed E-state index contributed by atoms with van der Waals surface area (Å²) in [7, 11) is 3.21. The zero-order chi connectivity index (χ0) is 16.6. The molecule has 0 radical (unpaired) electrons. The summed E-state index contributed by atoms with van der Waals surface area (Å²) in [6.07, 6.45) is 4.29. The van der Waals surface area contributed by atoms with Crippen molar-refractivity contribution in [1.29, 1.82) is 0 Å². The van der Waals surface area contributed by atoms with Gasteiger partial charge in [0.2, 0.25) is 5.91 Å². The van der Waals surface area contributed by atoms with Crippen LogP contribution in [0.25, 0.3) is 0 Å². The van der Waals surface area contributed by atoms with E-state index in [1.54, 1.807) is 14.1 Å². The second-order valence-corrected chi connectivity index (χ2v) is 6.20. The molecule has 8 nitrogen and oxygen atoms in total. The Hall–Kier alpha value is -2.38. The van der Waals surface area contributed by atoms with Crippen molar-refractivity contribution in [2.75, 3.05) is 27.2 Å². The lowest BCUT2D eigenvalue weighted by atomic mass is 9.96. The number of nitrogens with one attached hydrogen (secondary N) is 1. The molecule has 1 aliphatic heterocycles. The van der Waals surface area contributed by atoms with Gasteiger partial charge in [-0.3, -0.25) is 19.6 Å². The highest BCUT2D eigenvalue weighted by Crippen LogP contribution is 2.22. The molecule has 0 spiro atoms. The van der Waals surface area contributed by atoms with Crippen molar-refractivity contribution < 1.29 is 14.4 Å². The van der Waals surface area contributed by atoms with Gasteiger partial charge in [-0.1, -0.05) is 0 Å². The van der Waals surface area contributed by atoms with Crippen LogP contribution in [0.1, 0.15) is 29.8 Å². The van der Waals surface area contributed by atoms with Gasteiger partial charge in [-0.25, -0.2) is 4.79 Å². The number of fused-ring (bicyclic) bond motifs is 1. The number of hydrogen-bond acceptors (Lipinski definition) is 4. The first-order valence-corrected chi connectivity index (χ1v) is 7.81. The molecular formula is C15H21N5O3. The first kappa shape index (κ1) is 15.5. The van der Waals surface area contributed by atoms with E-state index < -0.39 is 6.03 Å². The third-order valence-corrected chi connectivity index (χ3v) is 4.48. The zero-order valence-corrected chi connectivity index (χ0v) is 13.5. The van der Waals surface area contributed by atoms with E-state index in [9.17, 15) is 14.4 Å². The number of nitrogens with zero attached hydrogens (tertiary/aromatic N) is 4. The lowest BCUT2D eigenvalue weighted by molar-refractivity contribution is -0.136. The summed E-state index contributed by atoms with van der Waals surface area (Å²) in [6, 6.07) is -0.422. The van der Waals surface area contributed by atoms with Crippen molar-refractivity contribution in [3.63, 3.8) is 0 Å². The standard InChI is InChI=1S/C15H21N5O3/c1-18(7-12-10-5-3-4-6-11(10)16-17-12)13(21)9-20-14(22)8-19(2)15(20)23/h3-9H2,1-2H3,(H,16,17). The maximum absolute atomic E-state index is 12.3. The zero-order valence-electron chi connectivity index (χ0n) is 13.5. The Morgan fingerprint density at radius 1 is 1.30 bits per heavy atom. The Kier molecular flexibility index (Phi) is 4.06. The van der Waals surface area contributed by atoms with Gasteiger partial charge < -0.3 is 9.80 Å². The van der Waals surface area contributed by atoms with Crippen LogP contribution in [0.5, 0.6) is 0 Å². The largest absolute Gasteiger partial charge is 0.338 e. The van der Waals surface area contributed by atoms with E-state index in [1.165, 1.54) is 21.1 Å². The van der Waals surface area contributed by atoms with Crippen molar-refractivity contribution in [1.82, 2.24) is 24.9 Å². The molecule has 8 heteroatoms. The van der Waals surface area contributed by atoms with Crippen molar-refractivity contribution in [2.24, 2.45) is 0 Å². The summed E-state index contributed by atoms with van der Waals surface area (Å²) in [5.41, 5.74) is 3.26. The number of amides is 4. The molecule has 2 aliphatic rings. The topological polar surface area (TPSA) is 89.6 Å². The summed E-state index contributed by atoms with van der Waals surface area (Å²) in [5, 5.41) is 7.37. The van der Waals surface area contributed by atoms with Crippen LogP contribution in [0.2, 0.25) is 0 Å². The molecule has 0 saturated carbocycles. The molecule has 1 aromatic rings. The van der Waals surface area contributed by atoms with Crippen molar-refractivity contribution >= 4 is 17.8 Å². The summed E-state index contributed by atoms with van der Waals surface area (Å²) in [4.78, 5) is 39.7. The van der Waals surface area contributed by atoms with Gasteiger partial charge in [0.25, 0.3) is 5.91 Å². The van der Waals surface area contributed by atoms with Crippen LogP contribution >= 0.6 is 0 Å². The van der Waals surface area contributed by atoms with Crippen LogP contribution in [-0.2, 0) is 29.0 Å². The fourth-order valence-electron chi connectivity index (χ4n) is 3.07.